The van der Waals surface area contributed by atoms with E-state index >= 15 is 0 Å². The third kappa shape index (κ3) is 4.06. The van der Waals surface area contributed by atoms with Gasteiger partial charge in [0.2, 0.25) is 0 Å². The molecule has 2 aromatic carbocycles. The van der Waals surface area contributed by atoms with Crippen LogP contribution in [0.4, 0.5) is 5.69 Å². The summed E-state index contributed by atoms with van der Waals surface area (Å²) in [5.41, 5.74) is 4.51. The van der Waals surface area contributed by atoms with Gasteiger partial charge >= 0.3 is 0 Å². The summed E-state index contributed by atoms with van der Waals surface area (Å²) >= 11 is 0. The minimum Gasteiger partial charge on any atom is -0.387 e. The molecule has 5 heteroatoms. The zero-order chi connectivity index (χ0) is 17.8. The van der Waals surface area contributed by atoms with Crippen molar-refractivity contribution in [2.45, 2.75) is 26.4 Å². The Morgan fingerprint density at radius 3 is 2.56 bits per heavy atom. The van der Waals surface area contributed by atoms with Crippen LogP contribution >= 0.6 is 0 Å². The van der Waals surface area contributed by atoms with Gasteiger partial charge in [-0.1, -0.05) is 24.3 Å². The number of aliphatic hydroxyl groups is 1. The number of aliphatic hydroxyl groups excluding tert-OH is 1. The van der Waals surface area contributed by atoms with Crippen molar-refractivity contribution in [2.24, 2.45) is 5.10 Å². The second-order valence-corrected chi connectivity index (χ2v) is 6.34. The molecule has 1 atom stereocenters. The van der Waals surface area contributed by atoms with E-state index in [1.807, 2.05) is 55.3 Å². The van der Waals surface area contributed by atoms with Crippen LogP contribution < -0.4 is 10.3 Å². The van der Waals surface area contributed by atoms with E-state index in [2.05, 4.69) is 10.4 Å². The van der Waals surface area contributed by atoms with Crippen LogP contribution in [0.15, 0.2) is 53.6 Å². The summed E-state index contributed by atoms with van der Waals surface area (Å²) in [5.74, 6) is -0.194. The average molecular weight is 337 g/mol. The maximum atomic E-state index is 12.3. The van der Waals surface area contributed by atoms with E-state index in [0.717, 1.165) is 35.5 Å². The average Bonchev–Trinajstić information content (AvgIpc) is 3.06. The predicted molar refractivity (Wildman–Crippen MR) is 100.0 cm³/mol. The van der Waals surface area contributed by atoms with Gasteiger partial charge in [-0.05, 0) is 49.2 Å². The van der Waals surface area contributed by atoms with Gasteiger partial charge in [0.1, 0.15) is 0 Å². The van der Waals surface area contributed by atoms with Crippen LogP contribution in [0, 0.1) is 6.92 Å². The number of carbonyl (C=O) groups excluding carboxylic acids is 1. The molecule has 1 heterocycles. The molecule has 0 bridgehead atoms. The molecule has 3 rings (SSSR count). The molecular formula is C20H23N3O2. The second kappa shape index (κ2) is 7.49. The molecule has 1 aliphatic rings. The third-order valence-corrected chi connectivity index (χ3v) is 4.41. The Morgan fingerprint density at radius 1 is 1.20 bits per heavy atom. The van der Waals surface area contributed by atoms with Gasteiger partial charge in [-0.2, -0.15) is 5.10 Å². The molecule has 2 aromatic rings. The lowest BCUT2D eigenvalue weighted by molar-refractivity contribution is 0.0916. The van der Waals surface area contributed by atoms with Gasteiger partial charge < -0.3 is 10.4 Å². The normalized spacial score (nSPS) is 15.0. The van der Waals surface area contributed by atoms with Gasteiger partial charge in [0.15, 0.2) is 0 Å². The molecule has 2 N–H and O–H groups in total. The first-order valence-electron chi connectivity index (χ1n) is 8.48. The topological polar surface area (TPSA) is 64.9 Å². The van der Waals surface area contributed by atoms with E-state index in [1.54, 1.807) is 12.1 Å². The number of benzene rings is 2. The first-order valence-corrected chi connectivity index (χ1v) is 8.48. The number of aryl methyl sites for hydroxylation is 1. The van der Waals surface area contributed by atoms with Gasteiger partial charge in [0.25, 0.3) is 5.91 Å². The van der Waals surface area contributed by atoms with Crippen molar-refractivity contribution in [3.05, 3.63) is 65.2 Å². The zero-order valence-electron chi connectivity index (χ0n) is 14.6. The number of rotatable bonds is 5. The van der Waals surface area contributed by atoms with Crippen molar-refractivity contribution in [1.29, 1.82) is 0 Å². The molecule has 25 heavy (non-hydrogen) atoms. The van der Waals surface area contributed by atoms with Crippen molar-refractivity contribution in [2.75, 3.05) is 18.1 Å². The highest BCUT2D eigenvalue weighted by atomic mass is 16.3. The molecule has 0 fully saturated rings. The van der Waals surface area contributed by atoms with Gasteiger partial charge in [0, 0.05) is 30.8 Å². The minimum absolute atomic E-state index is 0.182. The maximum Gasteiger partial charge on any atom is 0.251 e. The fraction of sp³-hybridized carbons (Fsp3) is 0.300. The molecule has 1 amide bonds. The molecule has 0 saturated heterocycles. The highest BCUT2D eigenvalue weighted by Crippen LogP contribution is 2.20. The van der Waals surface area contributed by atoms with Crippen LogP contribution in [-0.2, 0) is 0 Å². The van der Waals surface area contributed by atoms with Gasteiger partial charge in [-0.3, -0.25) is 9.80 Å². The molecule has 5 nitrogen and oxygen atoms in total. The molecule has 0 aromatic heterocycles. The van der Waals surface area contributed by atoms with E-state index in [9.17, 15) is 9.90 Å². The van der Waals surface area contributed by atoms with Crippen molar-refractivity contribution < 1.29 is 9.90 Å². The Bertz CT molecular complexity index is 784. The third-order valence-electron chi connectivity index (χ3n) is 4.41. The number of anilines is 1. The number of hydrazone groups is 1. The van der Waals surface area contributed by atoms with Crippen molar-refractivity contribution in [3.63, 3.8) is 0 Å². The van der Waals surface area contributed by atoms with E-state index < -0.39 is 6.10 Å². The monoisotopic (exact) mass is 337 g/mol. The smallest absolute Gasteiger partial charge is 0.251 e. The molecule has 0 spiro atoms. The van der Waals surface area contributed by atoms with Crippen LogP contribution in [0.3, 0.4) is 0 Å². The molecular weight excluding hydrogens is 314 g/mol. The van der Waals surface area contributed by atoms with Gasteiger partial charge in [0.05, 0.1) is 11.8 Å². The quantitative estimate of drug-likeness (QED) is 0.881. The second-order valence-electron chi connectivity index (χ2n) is 6.34. The van der Waals surface area contributed by atoms with Crippen molar-refractivity contribution in [3.8, 4) is 0 Å². The highest BCUT2D eigenvalue weighted by Gasteiger charge is 2.15. The number of carbonyl (C=O) groups is 1. The van der Waals surface area contributed by atoms with Crippen molar-refractivity contribution in [1.82, 2.24) is 5.32 Å². The molecule has 0 radical (unpaired) electrons. The molecule has 0 saturated carbocycles. The molecule has 0 aliphatic carbocycles. The lowest BCUT2D eigenvalue weighted by Crippen LogP contribution is -2.28. The highest BCUT2D eigenvalue weighted by molar-refractivity contribution is 5.94. The Morgan fingerprint density at radius 2 is 1.92 bits per heavy atom. The SMILES string of the molecule is CC1=NN(c2ccc(C(=O)NCC(O)c3ccccc3C)cc2)CC1. The fourth-order valence-corrected chi connectivity index (χ4v) is 2.91. The number of amides is 1. The summed E-state index contributed by atoms with van der Waals surface area (Å²) in [6, 6.07) is 15.0. The Kier molecular flexibility index (Phi) is 5.14. The van der Waals surface area contributed by atoms with Crippen LogP contribution in [0.5, 0.6) is 0 Å². The molecule has 1 aliphatic heterocycles. The molecule has 130 valence electrons. The lowest BCUT2D eigenvalue weighted by atomic mass is 10.0. The Balaban J connectivity index is 1.59. The summed E-state index contributed by atoms with van der Waals surface area (Å²) in [5, 5.41) is 19.5. The Labute approximate surface area is 148 Å². The lowest BCUT2D eigenvalue weighted by Gasteiger charge is -2.16. The van der Waals surface area contributed by atoms with E-state index in [1.165, 1.54) is 0 Å². The number of hydrogen-bond acceptors (Lipinski definition) is 4. The summed E-state index contributed by atoms with van der Waals surface area (Å²) in [6.45, 7) is 5.02. The van der Waals surface area contributed by atoms with Crippen molar-refractivity contribution >= 4 is 17.3 Å². The molecule has 1 unspecified atom stereocenters. The first-order chi connectivity index (χ1) is 12.0. The first kappa shape index (κ1) is 17.2. The standard InChI is InChI=1S/C20H23N3O2/c1-14-5-3-4-6-18(14)19(24)13-21-20(25)16-7-9-17(10-8-16)23-12-11-15(2)22-23/h3-10,19,24H,11-13H2,1-2H3,(H,21,25). The Hall–Kier alpha value is -2.66. The fourth-order valence-electron chi connectivity index (χ4n) is 2.91. The maximum absolute atomic E-state index is 12.3. The van der Waals surface area contributed by atoms with E-state index in [4.69, 9.17) is 0 Å². The van der Waals surface area contributed by atoms with Crippen LogP contribution in [0.25, 0.3) is 0 Å². The summed E-state index contributed by atoms with van der Waals surface area (Å²) < 4.78 is 0. The minimum atomic E-state index is -0.716. The summed E-state index contributed by atoms with van der Waals surface area (Å²) in [6.07, 6.45) is 0.255. The number of nitrogens with one attached hydrogen (secondary N) is 1. The van der Waals surface area contributed by atoms with Crippen LogP contribution in [-0.4, -0.2) is 29.8 Å². The van der Waals surface area contributed by atoms with E-state index in [-0.39, 0.29) is 12.5 Å². The number of hydrogen-bond donors (Lipinski definition) is 2. The van der Waals surface area contributed by atoms with Crippen LogP contribution in [0.2, 0.25) is 0 Å². The number of nitrogens with zero attached hydrogens (tertiary/aromatic N) is 2. The van der Waals surface area contributed by atoms with Gasteiger partial charge in [-0.25, -0.2) is 0 Å². The zero-order valence-corrected chi connectivity index (χ0v) is 14.6. The summed E-state index contributed by atoms with van der Waals surface area (Å²) in [7, 11) is 0. The van der Waals surface area contributed by atoms with E-state index in [0.29, 0.717) is 5.56 Å². The largest absolute Gasteiger partial charge is 0.387 e. The summed E-state index contributed by atoms with van der Waals surface area (Å²) in [4.78, 5) is 12.3. The van der Waals surface area contributed by atoms with Gasteiger partial charge in [-0.15, -0.1) is 0 Å². The predicted octanol–water partition coefficient (Wildman–Crippen LogP) is 3.04. The van der Waals surface area contributed by atoms with Crippen LogP contribution in [0.1, 0.15) is 40.9 Å².